The van der Waals surface area contributed by atoms with Gasteiger partial charge in [-0.15, -0.1) is 0 Å². The maximum atomic E-state index is 12.9. The highest BCUT2D eigenvalue weighted by Crippen LogP contribution is 2.40. The summed E-state index contributed by atoms with van der Waals surface area (Å²) in [6, 6.07) is 2.16. The number of ketones is 1. The number of nitrogens with zero attached hydrogens (tertiary/aromatic N) is 1. The monoisotopic (exact) mass is 372 g/mol. The van der Waals surface area contributed by atoms with E-state index in [1.165, 1.54) is 6.20 Å². The van der Waals surface area contributed by atoms with Crippen LogP contribution in [-0.2, 0) is 22.4 Å². The van der Waals surface area contributed by atoms with Gasteiger partial charge in [-0.25, -0.2) is 8.42 Å². The van der Waals surface area contributed by atoms with Crippen LogP contribution in [0.15, 0.2) is 29.3 Å². The lowest BCUT2D eigenvalue weighted by atomic mass is 10.0. The molecule has 1 saturated carbocycles. The second-order valence-electron chi connectivity index (χ2n) is 6.16. The number of aromatic amines is 1. The summed E-state index contributed by atoms with van der Waals surface area (Å²) >= 11 is 0. The van der Waals surface area contributed by atoms with Gasteiger partial charge in [-0.2, -0.15) is 18.3 Å². The minimum Gasteiger partial charge on any atom is -0.294 e. The highest BCUT2D eigenvalue weighted by atomic mass is 32.2. The van der Waals surface area contributed by atoms with Gasteiger partial charge in [0.25, 0.3) is 0 Å². The molecule has 1 aromatic carbocycles. The molecule has 0 atom stereocenters. The number of rotatable bonds is 5. The zero-order valence-electron chi connectivity index (χ0n) is 13.2. The molecule has 0 amide bonds. The van der Waals surface area contributed by atoms with Crippen LogP contribution in [0.4, 0.5) is 13.2 Å². The van der Waals surface area contributed by atoms with E-state index in [1.807, 2.05) is 0 Å². The van der Waals surface area contributed by atoms with Gasteiger partial charge in [0.1, 0.15) is 0 Å². The number of halogens is 3. The molecule has 1 N–H and O–H groups in total. The van der Waals surface area contributed by atoms with Crippen molar-refractivity contribution in [1.82, 2.24) is 10.2 Å². The van der Waals surface area contributed by atoms with E-state index < -0.39 is 32.3 Å². The number of Topliss-reactive ketones (excluding diaryl/α,β-unsaturated/α-hetero) is 1. The minimum atomic E-state index is -4.69. The fourth-order valence-electron chi connectivity index (χ4n) is 2.69. The normalized spacial score (nSPS) is 15.4. The molecule has 0 bridgehead atoms. The molecule has 0 radical (unpaired) electrons. The number of sulfone groups is 1. The van der Waals surface area contributed by atoms with Crippen molar-refractivity contribution in [1.29, 1.82) is 0 Å². The van der Waals surface area contributed by atoms with Crippen molar-refractivity contribution in [3.05, 3.63) is 46.8 Å². The van der Waals surface area contributed by atoms with E-state index in [4.69, 9.17) is 0 Å². The zero-order valence-corrected chi connectivity index (χ0v) is 14.0. The number of H-pyrrole nitrogens is 1. The SMILES string of the molecule is CS(=O)(=O)c1cc(C(F)(F)F)ccc1C(=O)Cc1cn[nH]c1C1CC1. The van der Waals surface area contributed by atoms with Crippen LogP contribution in [0.25, 0.3) is 0 Å². The maximum absolute atomic E-state index is 12.9. The van der Waals surface area contributed by atoms with Crippen LogP contribution in [0.3, 0.4) is 0 Å². The Bertz CT molecular complexity index is 928. The standard InChI is InChI=1S/C16H15F3N2O3S/c1-25(23,24)14-7-11(16(17,18)19)4-5-12(14)13(22)6-10-8-20-21-15(10)9-2-3-9/h4-5,7-9H,2-3,6H2,1H3,(H,20,21). The summed E-state index contributed by atoms with van der Waals surface area (Å²) in [5, 5.41) is 6.73. The Balaban J connectivity index is 1.98. The number of carbonyl (C=O) groups excluding carboxylic acids is 1. The van der Waals surface area contributed by atoms with Crippen LogP contribution in [0.2, 0.25) is 0 Å². The van der Waals surface area contributed by atoms with Gasteiger partial charge in [0, 0.05) is 35.4 Å². The van der Waals surface area contributed by atoms with Gasteiger partial charge in [-0.3, -0.25) is 9.89 Å². The van der Waals surface area contributed by atoms with Crippen molar-refractivity contribution in [3.63, 3.8) is 0 Å². The Hall–Kier alpha value is -2.16. The van der Waals surface area contributed by atoms with Crippen LogP contribution < -0.4 is 0 Å². The van der Waals surface area contributed by atoms with Crippen molar-refractivity contribution < 1.29 is 26.4 Å². The smallest absolute Gasteiger partial charge is 0.294 e. The fraction of sp³-hybridized carbons (Fsp3) is 0.375. The van der Waals surface area contributed by atoms with Crippen LogP contribution in [0.5, 0.6) is 0 Å². The molecular weight excluding hydrogens is 357 g/mol. The second-order valence-corrected chi connectivity index (χ2v) is 8.15. The summed E-state index contributed by atoms with van der Waals surface area (Å²) in [4.78, 5) is 11.9. The molecular formula is C16H15F3N2O3S. The van der Waals surface area contributed by atoms with Gasteiger partial charge in [0.05, 0.1) is 16.7 Å². The highest BCUT2D eigenvalue weighted by molar-refractivity contribution is 7.90. The molecule has 1 aliphatic rings. The predicted octanol–water partition coefficient (Wildman–Crippen LogP) is 3.13. The lowest BCUT2D eigenvalue weighted by molar-refractivity contribution is -0.137. The number of benzene rings is 1. The largest absolute Gasteiger partial charge is 0.416 e. The summed E-state index contributed by atoms with van der Waals surface area (Å²) in [5.74, 6) is -0.246. The molecule has 9 heteroatoms. The Morgan fingerprint density at radius 3 is 2.56 bits per heavy atom. The summed E-state index contributed by atoms with van der Waals surface area (Å²) in [7, 11) is -4.00. The van der Waals surface area contributed by atoms with Crippen LogP contribution in [0, 0.1) is 0 Å². The number of hydrogen-bond donors (Lipinski definition) is 1. The molecule has 2 aromatic rings. The predicted molar refractivity (Wildman–Crippen MR) is 83.2 cm³/mol. The van der Waals surface area contributed by atoms with E-state index in [0.29, 0.717) is 17.5 Å². The van der Waals surface area contributed by atoms with Gasteiger partial charge in [0.15, 0.2) is 15.6 Å². The summed E-state index contributed by atoms with van der Waals surface area (Å²) in [5.41, 5.74) is 0.137. The van der Waals surface area contributed by atoms with Crippen LogP contribution in [0.1, 0.15) is 45.9 Å². The first-order chi connectivity index (χ1) is 11.6. The molecule has 25 heavy (non-hydrogen) atoms. The third kappa shape index (κ3) is 3.76. The van der Waals surface area contributed by atoms with Crippen molar-refractivity contribution in [3.8, 4) is 0 Å². The number of hydrogen-bond acceptors (Lipinski definition) is 4. The van der Waals surface area contributed by atoms with Gasteiger partial charge in [0.2, 0.25) is 0 Å². The number of nitrogens with one attached hydrogen (secondary N) is 1. The Labute approximate surface area is 142 Å². The van der Waals surface area contributed by atoms with E-state index >= 15 is 0 Å². The summed E-state index contributed by atoms with van der Waals surface area (Å²) in [6.07, 6.45) is -0.556. The summed E-state index contributed by atoms with van der Waals surface area (Å²) < 4.78 is 62.3. The minimum absolute atomic E-state index is 0.115. The zero-order chi connectivity index (χ0) is 18.4. The third-order valence-electron chi connectivity index (χ3n) is 4.10. The van der Waals surface area contributed by atoms with E-state index in [2.05, 4.69) is 10.2 Å². The van der Waals surface area contributed by atoms with Crippen LogP contribution in [-0.4, -0.2) is 30.7 Å². The molecule has 0 aliphatic heterocycles. The molecule has 1 heterocycles. The van der Waals surface area contributed by atoms with Crippen LogP contribution >= 0.6 is 0 Å². The highest BCUT2D eigenvalue weighted by Gasteiger charge is 2.33. The van der Waals surface area contributed by atoms with Gasteiger partial charge in [-0.1, -0.05) is 0 Å². The quantitative estimate of drug-likeness (QED) is 0.818. The summed E-state index contributed by atoms with van der Waals surface area (Å²) in [6.45, 7) is 0. The van der Waals surface area contributed by atoms with E-state index in [-0.39, 0.29) is 12.0 Å². The first-order valence-electron chi connectivity index (χ1n) is 7.54. The van der Waals surface area contributed by atoms with Gasteiger partial charge < -0.3 is 0 Å². The second kappa shape index (κ2) is 5.98. The molecule has 1 aliphatic carbocycles. The molecule has 134 valence electrons. The third-order valence-corrected chi connectivity index (χ3v) is 5.23. The lowest BCUT2D eigenvalue weighted by Crippen LogP contribution is -2.14. The molecule has 0 unspecified atom stereocenters. The fourth-order valence-corrected chi connectivity index (χ4v) is 3.61. The average molecular weight is 372 g/mol. The molecule has 0 saturated heterocycles. The Morgan fingerprint density at radius 1 is 1.32 bits per heavy atom. The van der Waals surface area contributed by atoms with Crippen molar-refractivity contribution in [2.24, 2.45) is 0 Å². The van der Waals surface area contributed by atoms with E-state index in [9.17, 15) is 26.4 Å². The number of aromatic nitrogens is 2. The average Bonchev–Trinajstić information content (AvgIpc) is 3.25. The number of carbonyl (C=O) groups is 1. The molecule has 1 fully saturated rings. The molecule has 0 spiro atoms. The molecule has 5 nitrogen and oxygen atoms in total. The van der Waals surface area contributed by atoms with E-state index in [0.717, 1.165) is 36.9 Å². The van der Waals surface area contributed by atoms with Gasteiger partial charge in [-0.05, 0) is 31.0 Å². The van der Waals surface area contributed by atoms with Gasteiger partial charge >= 0.3 is 6.18 Å². The van der Waals surface area contributed by atoms with Crippen molar-refractivity contribution >= 4 is 15.6 Å². The lowest BCUT2D eigenvalue weighted by Gasteiger charge is -2.12. The number of alkyl halides is 3. The first kappa shape index (κ1) is 17.7. The molecule has 1 aromatic heterocycles. The Kier molecular flexibility index (Phi) is 4.22. The molecule has 3 rings (SSSR count). The Morgan fingerprint density at radius 2 is 2.00 bits per heavy atom. The first-order valence-corrected chi connectivity index (χ1v) is 9.43. The van der Waals surface area contributed by atoms with Crippen molar-refractivity contribution in [2.45, 2.75) is 36.3 Å². The van der Waals surface area contributed by atoms with E-state index in [1.54, 1.807) is 0 Å². The van der Waals surface area contributed by atoms with Crippen molar-refractivity contribution in [2.75, 3.05) is 6.26 Å². The maximum Gasteiger partial charge on any atom is 0.416 e. The topological polar surface area (TPSA) is 79.9 Å².